The zero-order valence-electron chi connectivity index (χ0n) is 20.3. The molecule has 3 N–H and O–H groups in total. The highest BCUT2D eigenvalue weighted by atomic mass is 16.5. The van der Waals surface area contributed by atoms with Crippen LogP contribution in [0.5, 0.6) is 5.75 Å². The molecule has 3 aromatic rings. The SMILES string of the molecule is CCOc1cccc2c(=O)c(C(=O)NCc3ccc(CNCCCN4CCOCC4)cc3)c[nH]c12. The van der Waals surface area contributed by atoms with Crippen LogP contribution in [0.15, 0.2) is 53.5 Å². The van der Waals surface area contributed by atoms with Gasteiger partial charge in [0.1, 0.15) is 11.3 Å². The summed E-state index contributed by atoms with van der Waals surface area (Å²) < 4.78 is 10.9. The van der Waals surface area contributed by atoms with Crippen LogP contribution in [-0.2, 0) is 17.8 Å². The number of benzene rings is 2. The van der Waals surface area contributed by atoms with Crippen LogP contribution in [0.3, 0.4) is 0 Å². The molecule has 1 aliphatic heterocycles. The van der Waals surface area contributed by atoms with Crippen molar-refractivity contribution in [2.24, 2.45) is 0 Å². The second-order valence-electron chi connectivity index (χ2n) is 8.63. The van der Waals surface area contributed by atoms with Gasteiger partial charge in [-0.25, -0.2) is 0 Å². The number of aromatic nitrogens is 1. The lowest BCUT2D eigenvalue weighted by Crippen LogP contribution is -2.37. The molecule has 0 aliphatic carbocycles. The summed E-state index contributed by atoms with van der Waals surface area (Å²) in [4.78, 5) is 31.1. The van der Waals surface area contributed by atoms with Gasteiger partial charge in [-0.2, -0.15) is 0 Å². The van der Waals surface area contributed by atoms with Gasteiger partial charge in [0, 0.05) is 32.4 Å². The van der Waals surface area contributed by atoms with E-state index in [1.165, 1.54) is 11.8 Å². The summed E-state index contributed by atoms with van der Waals surface area (Å²) in [6, 6.07) is 13.4. The summed E-state index contributed by atoms with van der Waals surface area (Å²) in [5, 5.41) is 6.78. The molecule has 8 nitrogen and oxygen atoms in total. The number of H-pyrrole nitrogens is 1. The first-order valence-corrected chi connectivity index (χ1v) is 12.3. The number of fused-ring (bicyclic) bond motifs is 1. The van der Waals surface area contributed by atoms with Crippen molar-refractivity contribution >= 4 is 16.8 Å². The molecule has 0 atom stereocenters. The molecule has 1 aromatic heterocycles. The van der Waals surface area contributed by atoms with Crippen LogP contribution in [0.25, 0.3) is 10.9 Å². The van der Waals surface area contributed by atoms with E-state index in [4.69, 9.17) is 9.47 Å². The number of nitrogens with zero attached hydrogens (tertiary/aromatic N) is 1. The van der Waals surface area contributed by atoms with Gasteiger partial charge < -0.3 is 25.1 Å². The van der Waals surface area contributed by atoms with E-state index in [9.17, 15) is 9.59 Å². The predicted octanol–water partition coefficient (Wildman–Crippen LogP) is 2.67. The van der Waals surface area contributed by atoms with Crippen molar-refractivity contribution in [3.63, 3.8) is 0 Å². The topological polar surface area (TPSA) is 95.7 Å². The Balaban J connectivity index is 1.25. The van der Waals surface area contributed by atoms with Crippen LogP contribution in [0.4, 0.5) is 0 Å². The van der Waals surface area contributed by atoms with Crippen LogP contribution >= 0.6 is 0 Å². The minimum Gasteiger partial charge on any atom is -0.492 e. The van der Waals surface area contributed by atoms with E-state index in [2.05, 4.69) is 32.7 Å². The lowest BCUT2D eigenvalue weighted by Gasteiger charge is -2.26. The molecule has 0 radical (unpaired) electrons. The predicted molar refractivity (Wildman–Crippen MR) is 137 cm³/mol. The summed E-state index contributed by atoms with van der Waals surface area (Å²) in [5.74, 6) is 0.196. The number of nitrogens with one attached hydrogen (secondary N) is 3. The standard InChI is InChI=1S/C27H34N4O4/c1-2-35-24-6-3-5-22-25(24)29-19-23(26(22)32)27(33)30-18-21-9-7-20(8-10-21)17-28-11-4-12-31-13-15-34-16-14-31/h3,5-10,19,28H,2,4,11-18H2,1H3,(H,29,32)(H,30,33). The Morgan fingerprint density at radius 1 is 1.09 bits per heavy atom. The molecule has 1 aliphatic rings. The second kappa shape index (κ2) is 12.5. The first-order valence-electron chi connectivity index (χ1n) is 12.3. The number of rotatable bonds is 11. The van der Waals surface area contributed by atoms with Crippen molar-refractivity contribution in [2.75, 3.05) is 46.0 Å². The number of hydrogen-bond donors (Lipinski definition) is 3. The number of ether oxygens (including phenoxy) is 2. The maximum Gasteiger partial charge on any atom is 0.257 e. The van der Waals surface area contributed by atoms with Crippen LogP contribution in [0.1, 0.15) is 34.8 Å². The van der Waals surface area contributed by atoms with Gasteiger partial charge >= 0.3 is 0 Å². The van der Waals surface area contributed by atoms with Gasteiger partial charge in [-0.15, -0.1) is 0 Å². The maximum atomic E-state index is 12.9. The molecule has 0 spiro atoms. The molecule has 0 unspecified atom stereocenters. The van der Waals surface area contributed by atoms with E-state index in [0.29, 0.717) is 29.8 Å². The van der Waals surface area contributed by atoms with E-state index in [1.54, 1.807) is 18.2 Å². The van der Waals surface area contributed by atoms with Crippen molar-refractivity contribution in [1.29, 1.82) is 0 Å². The summed E-state index contributed by atoms with van der Waals surface area (Å²) in [6.07, 6.45) is 2.57. The monoisotopic (exact) mass is 478 g/mol. The molecule has 1 amide bonds. The third-order valence-corrected chi connectivity index (χ3v) is 6.16. The number of morpholine rings is 1. The largest absolute Gasteiger partial charge is 0.492 e. The fourth-order valence-electron chi connectivity index (χ4n) is 4.21. The fourth-order valence-corrected chi connectivity index (χ4v) is 4.21. The molecule has 4 rings (SSSR count). The second-order valence-corrected chi connectivity index (χ2v) is 8.63. The number of para-hydroxylation sites is 1. The fraction of sp³-hybridized carbons (Fsp3) is 0.407. The Morgan fingerprint density at radius 2 is 1.83 bits per heavy atom. The highest BCUT2D eigenvalue weighted by molar-refractivity contribution is 5.97. The highest BCUT2D eigenvalue weighted by Crippen LogP contribution is 2.21. The molecule has 1 fully saturated rings. The van der Waals surface area contributed by atoms with E-state index in [1.807, 2.05) is 19.1 Å². The number of hydrogen-bond acceptors (Lipinski definition) is 6. The average molecular weight is 479 g/mol. The van der Waals surface area contributed by atoms with Crippen molar-refractivity contribution < 1.29 is 14.3 Å². The van der Waals surface area contributed by atoms with Crippen LogP contribution in [0.2, 0.25) is 0 Å². The molecular weight excluding hydrogens is 444 g/mol. The number of carbonyl (C=O) groups is 1. The molecule has 2 aromatic carbocycles. The lowest BCUT2D eigenvalue weighted by atomic mass is 10.1. The Morgan fingerprint density at radius 3 is 2.57 bits per heavy atom. The maximum absolute atomic E-state index is 12.9. The first-order chi connectivity index (χ1) is 17.2. The van der Waals surface area contributed by atoms with Crippen molar-refractivity contribution in [3.05, 3.63) is 75.6 Å². The highest BCUT2D eigenvalue weighted by Gasteiger charge is 2.15. The number of carbonyl (C=O) groups excluding carboxylic acids is 1. The van der Waals surface area contributed by atoms with E-state index in [0.717, 1.165) is 57.9 Å². The summed E-state index contributed by atoms with van der Waals surface area (Å²) in [5.41, 5.74) is 2.55. The zero-order chi connectivity index (χ0) is 24.5. The Hall–Kier alpha value is -3.20. The van der Waals surface area contributed by atoms with Gasteiger partial charge in [-0.1, -0.05) is 30.3 Å². The summed E-state index contributed by atoms with van der Waals surface area (Å²) in [6.45, 7) is 9.36. The average Bonchev–Trinajstić information content (AvgIpc) is 2.89. The number of aromatic amines is 1. The minimum absolute atomic E-state index is 0.0871. The van der Waals surface area contributed by atoms with Crippen LogP contribution in [0, 0.1) is 0 Å². The third-order valence-electron chi connectivity index (χ3n) is 6.16. The van der Waals surface area contributed by atoms with E-state index >= 15 is 0 Å². The minimum atomic E-state index is -0.402. The lowest BCUT2D eigenvalue weighted by molar-refractivity contribution is 0.0374. The first kappa shape index (κ1) is 24.9. The Bertz CT molecular complexity index is 1170. The van der Waals surface area contributed by atoms with Gasteiger partial charge in [0.15, 0.2) is 0 Å². The molecular formula is C27H34N4O4. The summed E-state index contributed by atoms with van der Waals surface area (Å²) >= 11 is 0. The Labute approximate surface area is 205 Å². The molecule has 2 heterocycles. The summed E-state index contributed by atoms with van der Waals surface area (Å²) in [7, 11) is 0. The zero-order valence-corrected chi connectivity index (χ0v) is 20.3. The van der Waals surface area contributed by atoms with E-state index in [-0.39, 0.29) is 11.0 Å². The van der Waals surface area contributed by atoms with Crippen molar-refractivity contribution in [1.82, 2.24) is 20.5 Å². The smallest absolute Gasteiger partial charge is 0.257 e. The Kier molecular flexibility index (Phi) is 8.89. The third kappa shape index (κ3) is 6.69. The number of amides is 1. The molecule has 186 valence electrons. The van der Waals surface area contributed by atoms with E-state index < -0.39 is 5.91 Å². The van der Waals surface area contributed by atoms with Gasteiger partial charge in [0.05, 0.1) is 30.7 Å². The quantitative estimate of drug-likeness (QED) is 0.367. The molecule has 8 heteroatoms. The number of pyridine rings is 1. The van der Waals surface area contributed by atoms with Gasteiger partial charge in [-0.05, 0) is 49.7 Å². The van der Waals surface area contributed by atoms with Crippen LogP contribution < -0.4 is 20.8 Å². The van der Waals surface area contributed by atoms with Gasteiger partial charge in [-0.3, -0.25) is 14.5 Å². The van der Waals surface area contributed by atoms with Crippen LogP contribution in [-0.4, -0.2) is 61.8 Å². The molecule has 1 saturated heterocycles. The van der Waals surface area contributed by atoms with Crippen molar-refractivity contribution in [3.8, 4) is 5.75 Å². The van der Waals surface area contributed by atoms with Gasteiger partial charge in [0.25, 0.3) is 5.91 Å². The van der Waals surface area contributed by atoms with Crippen molar-refractivity contribution in [2.45, 2.75) is 26.4 Å². The molecule has 0 bridgehead atoms. The molecule has 35 heavy (non-hydrogen) atoms. The van der Waals surface area contributed by atoms with Gasteiger partial charge in [0.2, 0.25) is 5.43 Å². The normalized spacial score (nSPS) is 14.2. The molecule has 0 saturated carbocycles.